The molecule has 1 aromatic heterocycles. The Balaban J connectivity index is 2.03. The molecule has 1 fully saturated rings. The average Bonchev–Trinajstić information content (AvgIpc) is 2.46. The fourth-order valence-corrected chi connectivity index (χ4v) is 2.98. The van der Waals surface area contributed by atoms with Crippen LogP contribution in [0, 0.1) is 5.92 Å². The van der Waals surface area contributed by atoms with E-state index in [1.807, 2.05) is 18.2 Å². The van der Waals surface area contributed by atoms with Crippen molar-refractivity contribution in [3.63, 3.8) is 0 Å². The largest absolute Gasteiger partial charge is 0.399 e. The third kappa shape index (κ3) is 2.45. The molecule has 0 radical (unpaired) electrons. The number of aromatic nitrogens is 1. The van der Waals surface area contributed by atoms with Gasteiger partial charge in [0.25, 0.3) is 0 Å². The average molecular weight is 269 g/mol. The number of piperidine rings is 1. The number of hydrogen-bond donors (Lipinski definition) is 1. The highest BCUT2D eigenvalue weighted by atomic mass is 15.2. The lowest BCUT2D eigenvalue weighted by atomic mass is 9.98. The molecule has 1 aliphatic heterocycles. The van der Waals surface area contributed by atoms with Crippen LogP contribution < -0.4 is 10.6 Å². The van der Waals surface area contributed by atoms with Crippen LogP contribution >= 0.6 is 0 Å². The molecular weight excluding hydrogens is 246 g/mol. The summed E-state index contributed by atoms with van der Waals surface area (Å²) in [6.07, 6.45) is 3.55. The fraction of sp³-hybridized carbons (Fsp3) is 0.471. The zero-order chi connectivity index (χ0) is 14.1. The maximum absolute atomic E-state index is 5.87. The Hall–Kier alpha value is -1.77. The lowest BCUT2D eigenvalue weighted by Gasteiger charge is -2.32. The predicted molar refractivity (Wildman–Crippen MR) is 86.1 cm³/mol. The van der Waals surface area contributed by atoms with Gasteiger partial charge in [-0.3, -0.25) is 0 Å². The number of aryl methyl sites for hydroxylation is 1. The number of rotatable bonds is 2. The van der Waals surface area contributed by atoms with Gasteiger partial charge < -0.3 is 10.6 Å². The first-order chi connectivity index (χ1) is 9.67. The first kappa shape index (κ1) is 13.2. The molecule has 1 aliphatic rings. The lowest BCUT2D eigenvalue weighted by molar-refractivity contribution is 0.436. The van der Waals surface area contributed by atoms with Crippen LogP contribution in [0.1, 0.15) is 32.3 Å². The summed E-state index contributed by atoms with van der Waals surface area (Å²) in [6, 6.07) is 8.23. The monoisotopic (exact) mass is 269 g/mol. The third-order valence-electron chi connectivity index (χ3n) is 4.36. The fourth-order valence-electron chi connectivity index (χ4n) is 2.98. The molecule has 3 heteroatoms. The van der Waals surface area contributed by atoms with Crippen LogP contribution in [0.15, 0.2) is 24.3 Å². The van der Waals surface area contributed by atoms with Gasteiger partial charge in [-0.15, -0.1) is 0 Å². The summed E-state index contributed by atoms with van der Waals surface area (Å²) < 4.78 is 0. The highest BCUT2D eigenvalue weighted by Gasteiger charge is 2.19. The van der Waals surface area contributed by atoms with E-state index in [9.17, 15) is 0 Å². The summed E-state index contributed by atoms with van der Waals surface area (Å²) in [4.78, 5) is 7.36. The maximum Gasteiger partial charge on any atom is 0.132 e. The molecule has 0 unspecified atom stereocenters. The number of hydrogen-bond acceptors (Lipinski definition) is 3. The molecule has 20 heavy (non-hydrogen) atoms. The van der Waals surface area contributed by atoms with E-state index in [0.717, 1.165) is 42.0 Å². The Bertz CT molecular complexity index is 613. The highest BCUT2D eigenvalue weighted by Crippen LogP contribution is 2.28. The highest BCUT2D eigenvalue weighted by molar-refractivity contribution is 5.84. The van der Waals surface area contributed by atoms with Crippen molar-refractivity contribution in [1.29, 1.82) is 0 Å². The summed E-state index contributed by atoms with van der Waals surface area (Å²) in [7, 11) is 0. The number of nitrogens with zero attached hydrogens (tertiary/aromatic N) is 2. The van der Waals surface area contributed by atoms with Gasteiger partial charge in [0.15, 0.2) is 0 Å². The molecule has 3 nitrogen and oxygen atoms in total. The molecule has 0 saturated carbocycles. The minimum atomic E-state index is 0.806. The van der Waals surface area contributed by atoms with E-state index in [1.165, 1.54) is 24.2 Å². The van der Waals surface area contributed by atoms with Gasteiger partial charge in [0.05, 0.1) is 5.52 Å². The van der Waals surface area contributed by atoms with Crippen LogP contribution in [0.4, 0.5) is 11.5 Å². The van der Waals surface area contributed by atoms with E-state index in [2.05, 4.69) is 24.8 Å². The molecule has 0 bridgehead atoms. The minimum absolute atomic E-state index is 0.806. The van der Waals surface area contributed by atoms with E-state index in [4.69, 9.17) is 10.7 Å². The van der Waals surface area contributed by atoms with Crippen molar-refractivity contribution < 1.29 is 0 Å². The zero-order valence-corrected chi connectivity index (χ0v) is 12.4. The van der Waals surface area contributed by atoms with Crippen LogP contribution in [0.25, 0.3) is 10.9 Å². The summed E-state index contributed by atoms with van der Waals surface area (Å²) >= 11 is 0. The van der Waals surface area contributed by atoms with E-state index in [0.29, 0.717) is 0 Å². The molecule has 2 heterocycles. The van der Waals surface area contributed by atoms with Crippen molar-refractivity contribution in [2.45, 2.75) is 33.1 Å². The van der Waals surface area contributed by atoms with Gasteiger partial charge in [-0.2, -0.15) is 0 Å². The Labute approximate surface area is 120 Å². The number of fused-ring (bicyclic) bond motifs is 1. The van der Waals surface area contributed by atoms with Crippen molar-refractivity contribution in [2.24, 2.45) is 5.92 Å². The van der Waals surface area contributed by atoms with Crippen LogP contribution in [0.5, 0.6) is 0 Å². The molecule has 106 valence electrons. The molecule has 0 amide bonds. The molecule has 0 spiro atoms. The second-order valence-electron chi connectivity index (χ2n) is 5.95. The minimum Gasteiger partial charge on any atom is -0.399 e. The number of nitrogen functional groups attached to an aromatic ring is 1. The zero-order valence-electron chi connectivity index (χ0n) is 12.4. The first-order valence-corrected chi connectivity index (χ1v) is 7.61. The molecule has 2 N–H and O–H groups in total. The van der Waals surface area contributed by atoms with Gasteiger partial charge in [0.2, 0.25) is 0 Å². The SMILES string of the molecule is CCc1cc2cc(N)ccc2nc1N1CCC(C)CC1. The van der Waals surface area contributed by atoms with E-state index < -0.39 is 0 Å². The van der Waals surface area contributed by atoms with Crippen molar-refractivity contribution in [3.8, 4) is 0 Å². The molecule has 0 aliphatic carbocycles. The Morgan fingerprint density at radius 3 is 2.70 bits per heavy atom. The number of nitrogens with two attached hydrogens (primary N) is 1. The Morgan fingerprint density at radius 1 is 1.25 bits per heavy atom. The molecule has 1 saturated heterocycles. The Kier molecular flexibility index (Phi) is 3.51. The molecular formula is C17H23N3. The second-order valence-corrected chi connectivity index (χ2v) is 5.95. The molecule has 2 aromatic rings. The topological polar surface area (TPSA) is 42.1 Å². The first-order valence-electron chi connectivity index (χ1n) is 7.61. The van der Waals surface area contributed by atoms with E-state index in [1.54, 1.807) is 0 Å². The van der Waals surface area contributed by atoms with Gasteiger partial charge in [-0.1, -0.05) is 13.8 Å². The third-order valence-corrected chi connectivity index (χ3v) is 4.36. The van der Waals surface area contributed by atoms with Crippen molar-refractivity contribution in [1.82, 2.24) is 4.98 Å². The lowest BCUT2D eigenvalue weighted by Crippen LogP contribution is -2.34. The van der Waals surface area contributed by atoms with Gasteiger partial charge in [-0.25, -0.2) is 4.98 Å². The smallest absolute Gasteiger partial charge is 0.132 e. The Morgan fingerprint density at radius 2 is 2.00 bits per heavy atom. The maximum atomic E-state index is 5.87. The quantitative estimate of drug-likeness (QED) is 0.847. The van der Waals surface area contributed by atoms with Crippen molar-refractivity contribution in [2.75, 3.05) is 23.7 Å². The summed E-state index contributed by atoms with van der Waals surface area (Å²) in [5, 5.41) is 1.15. The molecule has 1 aromatic carbocycles. The standard InChI is InChI=1S/C17H23N3/c1-3-13-10-14-11-15(18)4-5-16(14)19-17(13)20-8-6-12(2)7-9-20/h4-5,10-12H,3,6-9,18H2,1-2H3. The van der Waals surface area contributed by atoms with Gasteiger partial charge in [0.1, 0.15) is 5.82 Å². The summed E-state index contributed by atoms with van der Waals surface area (Å²) in [5.74, 6) is 2.02. The van der Waals surface area contributed by atoms with Gasteiger partial charge >= 0.3 is 0 Å². The van der Waals surface area contributed by atoms with Crippen LogP contribution in [-0.2, 0) is 6.42 Å². The van der Waals surface area contributed by atoms with Crippen LogP contribution in [-0.4, -0.2) is 18.1 Å². The van der Waals surface area contributed by atoms with E-state index in [-0.39, 0.29) is 0 Å². The molecule has 0 atom stereocenters. The predicted octanol–water partition coefficient (Wildman–Crippen LogP) is 3.62. The second kappa shape index (κ2) is 5.31. The van der Waals surface area contributed by atoms with Gasteiger partial charge in [0, 0.05) is 24.2 Å². The van der Waals surface area contributed by atoms with Crippen molar-refractivity contribution in [3.05, 3.63) is 29.8 Å². The summed E-state index contributed by atoms with van der Waals surface area (Å²) in [5.41, 5.74) is 9.06. The summed E-state index contributed by atoms with van der Waals surface area (Å²) in [6.45, 7) is 6.79. The normalized spacial score (nSPS) is 16.8. The molecule has 3 rings (SSSR count). The number of anilines is 2. The van der Waals surface area contributed by atoms with Crippen LogP contribution in [0.2, 0.25) is 0 Å². The number of benzene rings is 1. The van der Waals surface area contributed by atoms with Gasteiger partial charge in [-0.05, 0) is 55.0 Å². The van der Waals surface area contributed by atoms with Crippen LogP contribution in [0.3, 0.4) is 0 Å². The number of pyridine rings is 1. The van der Waals surface area contributed by atoms with Crippen molar-refractivity contribution >= 4 is 22.4 Å². The van der Waals surface area contributed by atoms with E-state index >= 15 is 0 Å².